The van der Waals surface area contributed by atoms with Gasteiger partial charge < -0.3 is 16.0 Å². The van der Waals surface area contributed by atoms with Crippen molar-refractivity contribution in [2.45, 2.75) is 5.03 Å². The third-order valence-electron chi connectivity index (χ3n) is 2.54. The van der Waals surface area contributed by atoms with E-state index >= 15 is 0 Å². The lowest BCUT2D eigenvalue weighted by molar-refractivity contribution is 0.0697. The van der Waals surface area contributed by atoms with E-state index in [1.54, 1.807) is 0 Å². The highest BCUT2D eigenvalue weighted by atomic mass is 32.2. The maximum Gasteiger partial charge on any atom is 0.335 e. The second kappa shape index (κ2) is 3.64. The molecule has 96 valence electrons. The maximum atomic E-state index is 11.5. The topological polar surface area (TPSA) is 123 Å². The largest absolute Gasteiger partial charge is 0.478 e. The summed E-state index contributed by atoms with van der Waals surface area (Å²) in [6.45, 7) is 0. The molecule has 2 aromatic rings. The smallest absolute Gasteiger partial charge is 0.335 e. The first-order valence-corrected chi connectivity index (χ1v) is 6.69. The van der Waals surface area contributed by atoms with Gasteiger partial charge in [0.05, 0.1) is 16.8 Å². The second-order valence-electron chi connectivity index (χ2n) is 3.84. The van der Waals surface area contributed by atoms with E-state index in [0.717, 1.165) is 12.3 Å². The van der Waals surface area contributed by atoms with Gasteiger partial charge >= 0.3 is 5.97 Å². The van der Waals surface area contributed by atoms with E-state index in [1.165, 1.54) is 12.1 Å². The van der Waals surface area contributed by atoms with Crippen molar-refractivity contribution in [1.82, 2.24) is 4.73 Å². The van der Waals surface area contributed by atoms with Crippen molar-refractivity contribution in [2.75, 3.05) is 12.0 Å². The number of hydrogen-bond acceptors (Lipinski definition) is 5. The summed E-state index contributed by atoms with van der Waals surface area (Å²) in [6, 6.07) is 3.80. The Bertz CT molecular complexity index is 760. The van der Waals surface area contributed by atoms with Crippen LogP contribution in [0.2, 0.25) is 0 Å². The number of carboxylic acid groups (broad SMARTS) is 1. The van der Waals surface area contributed by atoms with Crippen molar-refractivity contribution >= 4 is 32.4 Å². The predicted octanol–water partition coefficient (Wildman–Crippen LogP) is 0.562. The van der Waals surface area contributed by atoms with Crippen molar-refractivity contribution in [3.63, 3.8) is 0 Å². The van der Waals surface area contributed by atoms with Crippen LogP contribution in [0.15, 0.2) is 23.2 Å². The molecule has 0 saturated carbocycles. The minimum atomic E-state index is -3.72. The Morgan fingerprint density at radius 3 is 2.50 bits per heavy atom. The summed E-state index contributed by atoms with van der Waals surface area (Å²) in [5, 5.41) is 18.4. The number of carbonyl (C=O) groups is 1. The maximum absolute atomic E-state index is 11.5. The lowest BCUT2D eigenvalue weighted by Gasteiger charge is -2.00. The Labute approximate surface area is 102 Å². The Kier molecular flexibility index (Phi) is 2.47. The molecular formula is C10H10N2O5S. The van der Waals surface area contributed by atoms with Crippen LogP contribution in [-0.2, 0) is 9.84 Å². The molecule has 0 aliphatic carbocycles. The highest BCUT2D eigenvalue weighted by Gasteiger charge is 2.23. The highest BCUT2D eigenvalue weighted by Crippen LogP contribution is 2.31. The molecule has 7 nitrogen and oxygen atoms in total. The average Bonchev–Trinajstić information content (AvgIpc) is 2.50. The van der Waals surface area contributed by atoms with E-state index in [-0.39, 0.29) is 22.2 Å². The van der Waals surface area contributed by atoms with Crippen LogP contribution in [-0.4, -0.2) is 35.7 Å². The SMILES string of the molecule is CS(=O)(=O)c1c(N)c2ccc(C(=O)O)cc2n1O. The number of sulfone groups is 1. The van der Waals surface area contributed by atoms with Crippen LogP contribution in [0.4, 0.5) is 5.69 Å². The van der Waals surface area contributed by atoms with Gasteiger partial charge in [0.2, 0.25) is 0 Å². The van der Waals surface area contributed by atoms with Gasteiger partial charge in [0, 0.05) is 11.6 Å². The van der Waals surface area contributed by atoms with Gasteiger partial charge in [-0.15, -0.1) is 0 Å². The molecule has 4 N–H and O–H groups in total. The summed E-state index contributed by atoms with van der Waals surface area (Å²) in [5.41, 5.74) is 5.50. The van der Waals surface area contributed by atoms with E-state index < -0.39 is 20.8 Å². The fourth-order valence-electron chi connectivity index (χ4n) is 1.76. The predicted molar refractivity (Wildman–Crippen MR) is 63.6 cm³/mol. The van der Waals surface area contributed by atoms with Crippen molar-refractivity contribution < 1.29 is 23.5 Å². The van der Waals surface area contributed by atoms with Gasteiger partial charge in [0.1, 0.15) is 0 Å². The molecule has 0 unspecified atom stereocenters. The van der Waals surface area contributed by atoms with Crippen LogP contribution >= 0.6 is 0 Å². The van der Waals surface area contributed by atoms with Gasteiger partial charge in [0.25, 0.3) is 0 Å². The summed E-state index contributed by atoms with van der Waals surface area (Å²) in [6.07, 6.45) is 0.905. The summed E-state index contributed by atoms with van der Waals surface area (Å²) in [4.78, 5) is 10.8. The Morgan fingerprint density at radius 2 is 2.00 bits per heavy atom. The molecule has 1 heterocycles. The number of nitrogens with two attached hydrogens (primary N) is 1. The molecule has 0 spiro atoms. The zero-order valence-corrected chi connectivity index (χ0v) is 10.1. The third-order valence-corrected chi connectivity index (χ3v) is 3.63. The molecule has 0 aliphatic heterocycles. The number of carboxylic acids is 1. The van der Waals surface area contributed by atoms with Gasteiger partial charge in [-0.25, -0.2) is 13.2 Å². The molecule has 1 aromatic carbocycles. The lowest BCUT2D eigenvalue weighted by atomic mass is 10.1. The number of anilines is 1. The van der Waals surface area contributed by atoms with E-state index in [0.29, 0.717) is 4.73 Å². The Hall–Kier alpha value is -2.22. The lowest BCUT2D eigenvalue weighted by Crippen LogP contribution is -2.07. The van der Waals surface area contributed by atoms with E-state index in [2.05, 4.69) is 0 Å². The summed E-state index contributed by atoms with van der Waals surface area (Å²) in [7, 11) is -3.72. The van der Waals surface area contributed by atoms with Gasteiger partial charge in [0.15, 0.2) is 14.9 Å². The summed E-state index contributed by atoms with van der Waals surface area (Å²) >= 11 is 0. The van der Waals surface area contributed by atoms with Crippen molar-refractivity contribution in [3.05, 3.63) is 23.8 Å². The molecule has 2 rings (SSSR count). The van der Waals surface area contributed by atoms with Gasteiger partial charge in [-0.1, -0.05) is 0 Å². The number of nitrogens with zero attached hydrogens (tertiary/aromatic N) is 1. The summed E-state index contributed by atoms with van der Waals surface area (Å²) < 4.78 is 23.4. The second-order valence-corrected chi connectivity index (χ2v) is 5.77. The minimum Gasteiger partial charge on any atom is -0.478 e. The van der Waals surface area contributed by atoms with Crippen LogP contribution < -0.4 is 5.73 Å². The number of aromatic nitrogens is 1. The van der Waals surface area contributed by atoms with Crippen LogP contribution in [0, 0.1) is 0 Å². The number of benzene rings is 1. The monoisotopic (exact) mass is 270 g/mol. The van der Waals surface area contributed by atoms with Gasteiger partial charge in [-0.3, -0.25) is 0 Å². The first-order valence-electron chi connectivity index (χ1n) is 4.80. The highest BCUT2D eigenvalue weighted by molar-refractivity contribution is 7.90. The molecule has 0 atom stereocenters. The number of rotatable bonds is 2. The normalized spacial score (nSPS) is 11.8. The fourth-order valence-corrected chi connectivity index (χ4v) is 2.69. The number of hydrogen-bond donors (Lipinski definition) is 3. The standard InChI is InChI=1S/C10H10N2O5S/c1-18(16,17)9-8(11)6-3-2-5(10(13)14)4-7(6)12(9)15/h2-4,15H,11H2,1H3,(H,13,14). The molecule has 8 heteroatoms. The number of aromatic carboxylic acids is 1. The Morgan fingerprint density at radius 1 is 1.39 bits per heavy atom. The van der Waals surface area contributed by atoms with Crippen LogP contribution in [0.1, 0.15) is 10.4 Å². The zero-order valence-electron chi connectivity index (χ0n) is 9.28. The average molecular weight is 270 g/mol. The quantitative estimate of drug-likeness (QED) is 0.685. The third kappa shape index (κ3) is 1.66. The fraction of sp³-hybridized carbons (Fsp3) is 0.100. The van der Waals surface area contributed by atoms with Gasteiger partial charge in [-0.05, 0) is 18.2 Å². The first kappa shape index (κ1) is 12.2. The molecular weight excluding hydrogens is 260 g/mol. The van der Waals surface area contributed by atoms with Crippen molar-refractivity contribution in [2.24, 2.45) is 0 Å². The molecule has 0 bridgehead atoms. The number of nitrogen functional groups attached to an aromatic ring is 1. The van der Waals surface area contributed by atoms with Crippen LogP contribution in [0.3, 0.4) is 0 Å². The van der Waals surface area contributed by atoms with E-state index in [1.807, 2.05) is 0 Å². The van der Waals surface area contributed by atoms with Crippen LogP contribution in [0.25, 0.3) is 10.9 Å². The van der Waals surface area contributed by atoms with Crippen molar-refractivity contribution in [3.8, 4) is 0 Å². The van der Waals surface area contributed by atoms with E-state index in [9.17, 15) is 18.4 Å². The molecule has 0 amide bonds. The molecule has 1 aromatic heterocycles. The molecule has 0 fully saturated rings. The van der Waals surface area contributed by atoms with Crippen molar-refractivity contribution in [1.29, 1.82) is 0 Å². The van der Waals surface area contributed by atoms with Gasteiger partial charge in [-0.2, -0.15) is 4.73 Å². The molecule has 0 radical (unpaired) electrons. The molecule has 0 saturated heterocycles. The van der Waals surface area contributed by atoms with E-state index in [4.69, 9.17) is 10.8 Å². The van der Waals surface area contributed by atoms with Crippen LogP contribution in [0.5, 0.6) is 0 Å². The molecule has 0 aliphatic rings. The summed E-state index contributed by atoms with van der Waals surface area (Å²) in [5.74, 6) is -1.18. The Balaban J connectivity index is 2.91. The molecule has 18 heavy (non-hydrogen) atoms. The minimum absolute atomic E-state index is 0.0350. The number of fused-ring (bicyclic) bond motifs is 1. The first-order chi connectivity index (χ1) is 8.23. The zero-order chi connectivity index (χ0) is 13.7.